The van der Waals surface area contributed by atoms with E-state index >= 15 is 0 Å². The quantitative estimate of drug-likeness (QED) is 0.340. The summed E-state index contributed by atoms with van der Waals surface area (Å²) in [7, 11) is 0. The van der Waals surface area contributed by atoms with Gasteiger partial charge in [0, 0.05) is 16.3 Å². The van der Waals surface area contributed by atoms with Gasteiger partial charge in [-0.25, -0.2) is 15.0 Å². The molecule has 0 radical (unpaired) electrons. The molecule has 0 atom stereocenters. The second-order valence-electron chi connectivity index (χ2n) is 7.67. The van der Waals surface area contributed by atoms with Crippen LogP contribution >= 0.6 is 34.4 Å². The molecule has 0 aromatic carbocycles. The predicted molar refractivity (Wildman–Crippen MR) is 127 cm³/mol. The first-order chi connectivity index (χ1) is 14.5. The predicted octanol–water partition coefficient (Wildman–Crippen LogP) is 4.85. The van der Waals surface area contributed by atoms with Gasteiger partial charge in [-0.15, -0.1) is 22.7 Å². The van der Waals surface area contributed by atoms with E-state index in [1.165, 1.54) is 27.1 Å². The third-order valence-corrected chi connectivity index (χ3v) is 8.93. The highest BCUT2D eigenvalue weighted by Crippen LogP contribution is 2.36. The topological polar surface area (TPSA) is 86.7 Å². The molecular formula is C21H23N5OS3. The van der Waals surface area contributed by atoms with Crippen molar-refractivity contribution in [2.45, 2.75) is 63.9 Å². The van der Waals surface area contributed by atoms with E-state index in [2.05, 4.69) is 25.8 Å². The number of nitrogens with two attached hydrogens (primary N) is 1. The number of aryl methyl sites for hydroxylation is 4. The third-order valence-electron chi connectivity index (χ3n) is 5.67. The van der Waals surface area contributed by atoms with Crippen LogP contribution in [0.3, 0.4) is 0 Å². The van der Waals surface area contributed by atoms with Crippen LogP contribution in [0.5, 0.6) is 0 Å². The van der Waals surface area contributed by atoms with E-state index in [9.17, 15) is 4.79 Å². The Morgan fingerprint density at radius 1 is 1.10 bits per heavy atom. The molecule has 0 aliphatic heterocycles. The van der Waals surface area contributed by atoms with Gasteiger partial charge in [0.05, 0.1) is 16.5 Å². The van der Waals surface area contributed by atoms with Crippen LogP contribution in [0.1, 0.15) is 46.5 Å². The first-order valence-corrected chi connectivity index (χ1v) is 12.8. The Hall–Kier alpha value is -1.97. The van der Waals surface area contributed by atoms with Gasteiger partial charge in [-0.1, -0.05) is 18.7 Å². The SMILES string of the molecule is CCCn1c(SCc2nc(N)c3c(C)c(C)sc3n2)nc2sc3c(c2c1=O)CCC3. The standard InChI is InChI=1S/C21H23N5OS3/c1-4-8-26-20(27)16-12-6-5-7-13(12)30-19(16)25-21(26)28-9-14-23-17(22)15-10(2)11(3)29-18(15)24-14/h4-9H2,1-3H3,(H2,22,23,24). The van der Waals surface area contributed by atoms with Crippen molar-refractivity contribution in [2.75, 3.05) is 5.73 Å². The number of fused-ring (bicyclic) bond motifs is 4. The maximum Gasteiger partial charge on any atom is 0.263 e. The summed E-state index contributed by atoms with van der Waals surface area (Å²) in [5.41, 5.74) is 8.72. The molecule has 4 heterocycles. The Morgan fingerprint density at radius 3 is 2.70 bits per heavy atom. The molecule has 0 fully saturated rings. The lowest BCUT2D eigenvalue weighted by Gasteiger charge is -2.11. The normalized spacial score (nSPS) is 13.6. The zero-order valence-electron chi connectivity index (χ0n) is 17.2. The average molecular weight is 458 g/mol. The van der Waals surface area contributed by atoms with Crippen LogP contribution in [0.4, 0.5) is 5.82 Å². The number of hydrogen-bond donors (Lipinski definition) is 1. The number of hydrogen-bond acceptors (Lipinski definition) is 8. The van der Waals surface area contributed by atoms with E-state index in [0.717, 1.165) is 56.8 Å². The first kappa shape index (κ1) is 20.0. The van der Waals surface area contributed by atoms with Crippen LogP contribution < -0.4 is 11.3 Å². The molecule has 0 spiro atoms. The maximum atomic E-state index is 13.3. The third kappa shape index (κ3) is 3.14. The Kier molecular flexibility index (Phi) is 5.07. The van der Waals surface area contributed by atoms with Gasteiger partial charge in [-0.3, -0.25) is 9.36 Å². The summed E-state index contributed by atoms with van der Waals surface area (Å²) in [4.78, 5) is 31.8. The highest BCUT2D eigenvalue weighted by molar-refractivity contribution is 7.98. The van der Waals surface area contributed by atoms with Gasteiger partial charge in [-0.05, 0) is 50.7 Å². The Morgan fingerprint density at radius 2 is 1.90 bits per heavy atom. The van der Waals surface area contributed by atoms with Crippen molar-refractivity contribution < 1.29 is 0 Å². The molecule has 0 unspecified atom stereocenters. The monoisotopic (exact) mass is 457 g/mol. The number of nitrogens with zero attached hydrogens (tertiary/aromatic N) is 4. The lowest BCUT2D eigenvalue weighted by Crippen LogP contribution is -2.23. The fourth-order valence-electron chi connectivity index (χ4n) is 4.11. The van der Waals surface area contributed by atoms with E-state index < -0.39 is 0 Å². The molecule has 0 bridgehead atoms. The summed E-state index contributed by atoms with van der Waals surface area (Å²) in [6, 6.07) is 0. The largest absolute Gasteiger partial charge is 0.383 e. The van der Waals surface area contributed by atoms with Crippen LogP contribution in [-0.2, 0) is 25.1 Å². The highest BCUT2D eigenvalue weighted by Gasteiger charge is 2.23. The van der Waals surface area contributed by atoms with E-state index in [1.807, 2.05) is 4.57 Å². The van der Waals surface area contributed by atoms with Gasteiger partial charge in [0.1, 0.15) is 21.3 Å². The van der Waals surface area contributed by atoms with Crippen LogP contribution in [0.15, 0.2) is 9.95 Å². The van der Waals surface area contributed by atoms with Crippen LogP contribution in [0.25, 0.3) is 20.4 Å². The van der Waals surface area contributed by atoms with Gasteiger partial charge in [-0.2, -0.15) is 0 Å². The molecule has 1 aliphatic carbocycles. The van der Waals surface area contributed by atoms with E-state index in [4.69, 9.17) is 15.7 Å². The summed E-state index contributed by atoms with van der Waals surface area (Å²) < 4.78 is 1.83. The smallest absolute Gasteiger partial charge is 0.263 e. The van der Waals surface area contributed by atoms with Crippen LogP contribution in [0.2, 0.25) is 0 Å². The summed E-state index contributed by atoms with van der Waals surface area (Å²) in [6.45, 7) is 6.89. The number of rotatable bonds is 5. The summed E-state index contributed by atoms with van der Waals surface area (Å²) >= 11 is 4.85. The van der Waals surface area contributed by atoms with Gasteiger partial charge in [0.2, 0.25) is 0 Å². The Balaban J connectivity index is 1.53. The molecule has 1 aliphatic rings. The van der Waals surface area contributed by atoms with Gasteiger partial charge >= 0.3 is 0 Å². The number of aromatic nitrogens is 4. The first-order valence-electron chi connectivity index (χ1n) is 10.2. The summed E-state index contributed by atoms with van der Waals surface area (Å²) in [5.74, 6) is 1.74. The minimum atomic E-state index is 0.101. The lowest BCUT2D eigenvalue weighted by molar-refractivity contribution is 0.585. The number of thioether (sulfide) groups is 1. The highest BCUT2D eigenvalue weighted by atomic mass is 32.2. The molecule has 4 aromatic heterocycles. The number of nitrogen functional groups attached to an aromatic ring is 1. The Labute approximate surface area is 186 Å². The van der Waals surface area contributed by atoms with Crippen molar-refractivity contribution in [1.29, 1.82) is 0 Å². The summed E-state index contributed by atoms with van der Waals surface area (Å²) in [5, 5.41) is 2.55. The average Bonchev–Trinajstić information content (AvgIpc) is 3.36. The molecule has 5 rings (SSSR count). The molecule has 2 N–H and O–H groups in total. The van der Waals surface area contributed by atoms with Crippen molar-refractivity contribution >= 4 is 60.7 Å². The fraction of sp³-hybridized carbons (Fsp3) is 0.429. The summed E-state index contributed by atoms with van der Waals surface area (Å²) in [6.07, 6.45) is 4.09. The van der Waals surface area contributed by atoms with Crippen LogP contribution in [-0.4, -0.2) is 19.5 Å². The molecule has 6 nitrogen and oxygen atoms in total. The lowest BCUT2D eigenvalue weighted by atomic mass is 10.2. The second kappa shape index (κ2) is 7.62. The second-order valence-corrected chi connectivity index (χ2v) is 10.9. The zero-order chi connectivity index (χ0) is 21.0. The van der Waals surface area contributed by atoms with Crippen molar-refractivity contribution in [2.24, 2.45) is 0 Å². The molecule has 0 saturated heterocycles. The molecule has 9 heteroatoms. The van der Waals surface area contributed by atoms with Crippen molar-refractivity contribution in [3.63, 3.8) is 0 Å². The molecule has 0 saturated carbocycles. The van der Waals surface area contributed by atoms with E-state index in [1.54, 1.807) is 22.7 Å². The molecule has 4 aromatic rings. The van der Waals surface area contributed by atoms with Gasteiger partial charge in [0.25, 0.3) is 5.56 Å². The van der Waals surface area contributed by atoms with Crippen molar-refractivity contribution in [1.82, 2.24) is 19.5 Å². The molecular weight excluding hydrogens is 434 g/mol. The number of thiophene rings is 2. The van der Waals surface area contributed by atoms with Crippen LogP contribution in [0, 0.1) is 13.8 Å². The van der Waals surface area contributed by atoms with Crippen molar-refractivity contribution in [3.8, 4) is 0 Å². The van der Waals surface area contributed by atoms with E-state index in [-0.39, 0.29) is 5.56 Å². The van der Waals surface area contributed by atoms with Gasteiger partial charge in [0.15, 0.2) is 5.16 Å². The maximum absolute atomic E-state index is 13.3. The zero-order valence-corrected chi connectivity index (χ0v) is 19.7. The van der Waals surface area contributed by atoms with E-state index in [0.29, 0.717) is 23.9 Å². The molecule has 30 heavy (non-hydrogen) atoms. The minimum absolute atomic E-state index is 0.101. The van der Waals surface area contributed by atoms with Crippen molar-refractivity contribution in [3.05, 3.63) is 37.1 Å². The minimum Gasteiger partial charge on any atom is -0.383 e. The fourth-order valence-corrected chi connectivity index (χ4v) is 7.35. The number of anilines is 1. The molecule has 0 amide bonds. The van der Waals surface area contributed by atoms with Gasteiger partial charge < -0.3 is 5.73 Å². The molecule has 156 valence electrons. The Bertz CT molecular complexity index is 1350.